The highest BCUT2D eigenvalue weighted by Gasteiger charge is 2.34. The first-order chi connectivity index (χ1) is 11.8. The van der Waals surface area contributed by atoms with Crippen LogP contribution in [0.2, 0.25) is 0 Å². The van der Waals surface area contributed by atoms with E-state index in [2.05, 4.69) is 15.2 Å². The number of carbonyl (C=O) groups is 1. The fourth-order valence-electron chi connectivity index (χ4n) is 3.09. The lowest BCUT2D eigenvalue weighted by Crippen LogP contribution is -2.38. The van der Waals surface area contributed by atoms with Gasteiger partial charge in [0.15, 0.2) is 0 Å². The number of aromatic amines is 2. The number of hydrogen-bond acceptors (Lipinski definition) is 5. The predicted octanol–water partition coefficient (Wildman–Crippen LogP) is -1.06. The summed E-state index contributed by atoms with van der Waals surface area (Å²) in [6, 6.07) is 1.92. The fraction of sp³-hybridized carbons (Fsp3) is 0.500. The van der Waals surface area contributed by atoms with Gasteiger partial charge in [-0.25, -0.2) is 4.79 Å². The van der Waals surface area contributed by atoms with Gasteiger partial charge in [-0.3, -0.25) is 24.2 Å². The first-order valence-corrected chi connectivity index (χ1v) is 8.10. The molecule has 9 heteroatoms. The quantitative estimate of drug-likeness (QED) is 0.650. The van der Waals surface area contributed by atoms with Gasteiger partial charge in [0.05, 0.1) is 11.8 Å². The molecule has 1 aliphatic heterocycles. The Hall–Kier alpha value is -2.68. The number of aromatic nitrogens is 4. The van der Waals surface area contributed by atoms with Crippen LogP contribution >= 0.6 is 0 Å². The van der Waals surface area contributed by atoms with Crippen molar-refractivity contribution in [3.05, 3.63) is 50.1 Å². The summed E-state index contributed by atoms with van der Waals surface area (Å²) in [6.45, 7) is 3.94. The minimum Gasteiger partial charge on any atom is -0.391 e. The van der Waals surface area contributed by atoms with Gasteiger partial charge in [0.1, 0.15) is 6.54 Å². The van der Waals surface area contributed by atoms with Crippen LogP contribution in [-0.4, -0.2) is 54.9 Å². The van der Waals surface area contributed by atoms with Gasteiger partial charge in [-0.15, -0.1) is 0 Å². The van der Waals surface area contributed by atoms with Gasteiger partial charge in [-0.05, 0) is 26.3 Å². The average Bonchev–Trinajstić information content (AvgIpc) is 3.11. The molecule has 2 atom stereocenters. The topological polar surface area (TPSA) is 124 Å². The molecule has 2 aromatic rings. The number of rotatable bonds is 4. The molecule has 0 spiro atoms. The molecule has 9 nitrogen and oxygen atoms in total. The van der Waals surface area contributed by atoms with E-state index in [0.29, 0.717) is 18.5 Å². The fourth-order valence-corrected chi connectivity index (χ4v) is 3.09. The van der Waals surface area contributed by atoms with E-state index in [0.717, 1.165) is 11.4 Å². The summed E-state index contributed by atoms with van der Waals surface area (Å²) in [5, 5.41) is 17.3. The Bertz CT molecular complexity index is 896. The number of nitrogens with zero attached hydrogens (tertiary/aromatic N) is 3. The van der Waals surface area contributed by atoms with Gasteiger partial charge in [0.25, 0.3) is 5.56 Å². The van der Waals surface area contributed by atoms with Crippen LogP contribution in [0.1, 0.15) is 17.0 Å². The largest absolute Gasteiger partial charge is 0.391 e. The zero-order valence-corrected chi connectivity index (χ0v) is 14.2. The number of aliphatic hydroxyl groups excluding tert-OH is 1. The van der Waals surface area contributed by atoms with Gasteiger partial charge in [-0.1, -0.05) is 0 Å². The molecule has 134 valence electrons. The smallest absolute Gasteiger partial charge is 0.328 e. The van der Waals surface area contributed by atoms with Crippen LogP contribution in [0, 0.1) is 19.8 Å². The van der Waals surface area contributed by atoms with Crippen molar-refractivity contribution in [1.29, 1.82) is 0 Å². The summed E-state index contributed by atoms with van der Waals surface area (Å²) in [6.07, 6.45) is 1.32. The maximum absolute atomic E-state index is 12.5. The number of β-amino-alcohol motifs (C(OH)–C–C–N with tert-alkyl or cyclic N) is 1. The van der Waals surface area contributed by atoms with Crippen molar-refractivity contribution in [1.82, 2.24) is 24.6 Å². The molecule has 1 amide bonds. The van der Waals surface area contributed by atoms with Gasteiger partial charge >= 0.3 is 5.69 Å². The first kappa shape index (κ1) is 17.2. The molecule has 25 heavy (non-hydrogen) atoms. The highest BCUT2D eigenvalue weighted by molar-refractivity contribution is 5.76. The Labute approximate surface area is 143 Å². The third kappa shape index (κ3) is 3.71. The van der Waals surface area contributed by atoms with Crippen LogP contribution < -0.4 is 11.2 Å². The van der Waals surface area contributed by atoms with E-state index in [1.807, 2.05) is 13.0 Å². The molecule has 2 aromatic heterocycles. The average molecular weight is 347 g/mol. The van der Waals surface area contributed by atoms with Crippen molar-refractivity contribution < 1.29 is 9.90 Å². The molecule has 0 unspecified atom stereocenters. The van der Waals surface area contributed by atoms with Crippen molar-refractivity contribution in [3.63, 3.8) is 0 Å². The Morgan fingerprint density at radius 3 is 2.80 bits per heavy atom. The molecule has 1 aliphatic rings. The van der Waals surface area contributed by atoms with E-state index in [4.69, 9.17) is 0 Å². The van der Waals surface area contributed by atoms with E-state index in [9.17, 15) is 19.5 Å². The van der Waals surface area contributed by atoms with E-state index in [-0.39, 0.29) is 24.9 Å². The molecule has 3 heterocycles. The second-order valence-corrected chi connectivity index (χ2v) is 6.57. The van der Waals surface area contributed by atoms with E-state index >= 15 is 0 Å². The highest BCUT2D eigenvalue weighted by Crippen LogP contribution is 2.21. The lowest BCUT2D eigenvalue weighted by atomic mass is 10.0. The molecule has 0 saturated carbocycles. The van der Waals surface area contributed by atoms with Crippen molar-refractivity contribution in [2.75, 3.05) is 13.1 Å². The zero-order chi connectivity index (χ0) is 18.1. The number of hydrogen-bond donors (Lipinski definition) is 3. The molecule has 3 rings (SSSR count). The van der Waals surface area contributed by atoms with Crippen molar-refractivity contribution in [2.24, 2.45) is 5.92 Å². The third-order valence-electron chi connectivity index (χ3n) is 4.48. The van der Waals surface area contributed by atoms with Crippen molar-refractivity contribution in [2.45, 2.75) is 32.9 Å². The second-order valence-electron chi connectivity index (χ2n) is 6.57. The summed E-state index contributed by atoms with van der Waals surface area (Å²) >= 11 is 0. The Morgan fingerprint density at radius 2 is 2.12 bits per heavy atom. The predicted molar refractivity (Wildman–Crippen MR) is 89.2 cm³/mol. The minimum absolute atomic E-state index is 0.0966. The van der Waals surface area contributed by atoms with Crippen molar-refractivity contribution in [3.8, 4) is 0 Å². The van der Waals surface area contributed by atoms with Crippen LogP contribution in [0.4, 0.5) is 0 Å². The molecule has 0 radical (unpaired) electrons. The van der Waals surface area contributed by atoms with Crippen molar-refractivity contribution >= 4 is 5.91 Å². The molecule has 0 aromatic carbocycles. The number of aliphatic hydroxyl groups is 1. The first-order valence-electron chi connectivity index (χ1n) is 8.10. The number of aryl methyl sites for hydroxylation is 2. The summed E-state index contributed by atoms with van der Waals surface area (Å²) in [5.74, 6) is -0.367. The van der Waals surface area contributed by atoms with Gasteiger partial charge in [0, 0.05) is 36.5 Å². The summed E-state index contributed by atoms with van der Waals surface area (Å²) in [7, 11) is 0. The SMILES string of the molecule is Cc1cc(C[C@@H]2CN(C(=O)Cn3cc(C)c(=O)[nH]c3=O)C[C@H]2O)n[nH]1. The van der Waals surface area contributed by atoms with Gasteiger partial charge in [0.2, 0.25) is 5.91 Å². The number of amides is 1. The lowest BCUT2D eigenvalue weighted by Gasteiger charge is -2.16. The number of nitrogens with one attached hydrogen (secondary N) is 2. The number of carbonyl (C=O) groups excluding carboxylic acids is 1. The lowest BCUT2D eigenvalue weighted by molar-refractivity contribution is -0.131. The van der Waals surface area contributed by atoms with Crippen LogP contribution in [0.3, 0.4) is 0 Å². The van der Waals surface area contributed by atoms with Crippen LogP contribution in [0.25, 0.3) is 0 Å². The van der Waals surface area contributed by atoms with Gasteiger partial charge in [-0.2, -0.15) is 5.10 Å². The van der Waals surface area contributed by atoms with Gasteiger partial charge < -0.3 is 10.0 Å². The Morgan fingerprint density at radius 1 is 1.36 bits per heavy atom. The Kier molecular flexibility index (Phi) is 4.58. The van der Waals surface area contributed by atoms with Crippen LogP contribution in [0.15, 0.2) is 21.9 Å². The second kappa shape index (κ2) is 6.67. The Balaban J connectivity index is 1.66. The highest BCUT2D eigenvalue weighted by atomic mass is 16.3. The van der Waals surface area contributed by atoms with Crippen LogP contribution in [-0.2, 0) is 17.8 Å². The minimum atomic E-state index is -0.630. The summed E-state index contributed by atoms with van der Waals surface area (Å²) in [5.41, 5.74) is 1.08. The van der Waals surface area contributed by atoms with Crippen LogP contribution in [0.5, 0.6) is 0 Å². The maximum Gasteiger partial charge on any atom is 0.328 e. The molecule has 1 fully saturated rings. The number of H-pyrrole nitrogens is 2. The molecular weight excluding hydrogens is 326 g/mol. The molecule has 3 N–H and O–H groups in total. The summed E-state index contributed by atoms with van der Waals surface area (Å²) in [4.78, 5) is 39.4. The molecule has 0 aliphatic carbocycles. The maximum atomic E-state index is 12.5. The third-order valence-corrected chi connectivity index (χ3v) is 4.48. The molecular formula is C16H21N5O4. The number of likely N-dealkylation sites (tertiary alicyclic amines) is 1. The molecule has 0 bridgehead atoms. The summed E-state index contributed by atoms with van der Waals surface area (Å²) < 4.78 is 1.18. The van der Waals surface area contributed by atoms with E-state index in [1.165, 1.54) is 10.8 Å². The molecule has 1 saturated heterocycles. The zero-order valence-electron chi connectivity index (χ0n) is 14.2. The van der Waals surface area contributed by atoms with E-state index in [1.54, 1.807) is 11.8 Å². The normalized spacial score (nSPS) is 20.2. The van der Waals surface area contributed by atoms with E-state index < -0.39 is 17.4 Å². The standard InChI is InChI=1S/C16H21N5O4/c1-9-5-21(16(25)17-15(9)24)8-14(23)20-6-11(13(22)7-20)4-12-3-10(2)18-19-12/h3,5,11,13,22H,4,6-8H2,1-2H3,(H,18,19)(H,17,24,25)/t11-,13-/m1/s1. The monoisotopic (exact) mass is 347 g/mol.